The molecule has 1 heterocycles. The van der Waals surface area contributed by atoms with Crippen molar-refractivity contribution in [2.75, 3.05) is 7.11 Å². The summed E-state index contributed by atoms with van der Waals surface area (Å²) in [7, 11) is 1.34. The van der Waals surface area contributed by atoms with E-state index in [9.17, 15) is 9.59 Å². The van der Waals surface area contributed by atoms with Gasteiger partial charge in [-0.2, -0.15) is 5.10 Å². The van der Waals surface area contributed by atoms with Crippen molar-refractivity contribution in [3.05, 3.63) is 77.9 Å². The van der Waals surface area contributed by atoms with Gasteiger partial charge in [0.2, 0.25) is 0 Å². The number of nitrogens with zero attached hydrogens (tertiary/aromatic N) is 3. The van der Waals surface area contributed by atoms with Crippen molar-refractivity contribution in [2.24, 2.45) is 0 Å². The summed E-state index contributed by atoms with van der Waals surface area (Å²) in [5.41, 5.74) is 3.22. The second-order valence-corrected chi connectivity index (χ2v) is 6.17. The van der Waals surface area contributed by atoms with Crippen LogP contribution in [0.4, 0.5) is 4.79 Å². The molecule has 0 aliphatic heterocycles. The lowest BCUT2D eigenvalue weighted by molar-refractivity contribution is 0.0600. The molecule has 0 aliphatic rings. The van der Waals surface area contributed by atoms with Crippen LogP contribution in [0.3, 0.4) is 0 Å². The first kappa shape index (κ1) is 19.1. The standard InChI is InChI=1S/C20H21N5O3/c1-14(16-7-9-18(10-8-16)25-13-21-12-23-25)24-20(27)22-11-15-3-5-17(6-4-15)19(26)28-2/h3-10,12-14H,11H2,1-2H3,(H2,22,24,27). The predicted octanol–water partition coefficient (Wildman–Crippen LogP) is 2.61. The Bertz CT molecular complexity index is 921. The molecule has 1 aromatic heterocycles. The Balaban J connectivity index is 1.51. The number of carbonyl (C=O) groups excluding carboxylic acids is 2. The number of esters is 1. The third kappa shape index (κ3) is 4.73. The summed E-state index contributed by atoms with van der Waals surface area (Å²) in [6, 6.07) is 14.2. The van der Waals surface area contributed by atoms with E-state index in [0.29, 0.717) is 12.1 Å². The van der Waals surface area contributed by atoms with Gasteiger partial charge in [-0.15, -0.1) is 0 Å². The van der Waals surface area contributed by atoms with E-state index in [1.807, 2.05) is 31.2 Å². The molecule has 2 aromatic carbocycles. The molecule has 1 unspecified atom stereocenters. The molecule has 28 heavy (non-hydrogen) atoms. The monoisotopic (exact) mass is 379 g/mol. The molecule has 8 nitrogen and oxygen atoms in total. The zero-order valence-electron chi connectivity index (χ0n) is 15.6. The van der Waals surface area contributed by atoms with Crippen molar-refractivity contribution >= 4 is 12.0 Å². The lowest BCUT2D eigenvalue weighted by atomic mass is 10.1. The van der Waals surface area contributed by atoms with Crippen molar-refractivity contribution in [1.82, 2.24) is 25.4 Å². The van der Waals surface area contributed by atoms with E-state index in [4.69, 9.17) is 0 Å². The van der Waals surface area contributed by atoms with E-state index in [1.165, 1.54) is 13.4 Å². The Morgan fingerprint density at radius 2 is 1.82 bits per heavy atom. The van der Waals surface area contributed by atoms with Gasteiger partial charge in [-0.3, -0.25) is 0 Å². The lowest BCUT2D eigenvalue weighted by Crippen LogP contribution is -2.36. The van der Waals surface area contributed by atoms with E-state index >= 15 is 0 Å². The van der Waals surface area contributed by atoms with Crippen LogP contribution in [0.2, 0.25) is 0 Å². The molecule has 0 saturated carbocycles. The van der Waals surface area contributed by atoms with E-state index < -0.39 is 0 Å². The van der Waals surface area contributed by atoms with Crippen LogP contribution in [0.5, 0.6) is 0 Å². The fraction of sp³-hybridized carbons (Fsp3) is 0.200. The normalized spacial score (nSPS) is 11.5. The average molecular weight is 379 g/mol. The highest BCUT2D eigenvalue weighted by molar-refractivity contribution is 5.89. The molecule has 0 aliphatic carbocycles. The molecule has 0 fully saturated rings. The van der Waals surface area contributed by atoms with E-state index in [-0.39, 0.29) is 18.0 Å². The van der Waals surface area contributed by atoms with Crippen molar-refractivity contribution < 1.29 is 14.3 Å². The Morgan fingerprint density at radius 3 is 2.43 bits per heavy atom. The summed E-state index contributed by atoms with van der Waals surface area (Å²) in [6.45, 7) is 2.26. The number of amides is 2. The first-order valence-electron chi connectivity index (χ1n) is 8.73. The minimum atomic E-state index is -0.388. The molecule has 0 radical (unpaired) electrons. The van der Waals surface area contributed by atoms with Crippen LogP contribution in [0.15, 0.2) is 61.2 Å². The van der Waals surface area contributed by atoms with Crippen LogP contribution >= 0.6 is 0 Å². The molecule has 0 spiro atoms. The maximum Gasteiger partial charge on any atom is 0.337 e. The first-order chi connectivity index (χ1) is 13.6. The Kier molecular flexibility index (Phi) is 6.01. The number of benzene rings is 2. The van der Waals surface area contributed by atoms with Crippen molar-refractivity contribution in [2.45, 2.75) is 19.5 Å². The van der Waals surface area contributed by atoms with Crippen LogP contribution in [0.25, 0.3) is 5.69 Å². The van der Waals surface area contributed by atoms with Gasteiger partial charge in [0.1, 0.15) is 12.7 Å². The van der Waals surface area contributed by atoms with E-state index in [2.05, 4.69) is 25.5 Å². The number of aromatic nitrogens is 3. The van der Waals surface area contributed by atoms with Gasteiger partial charge in [-0.05, 0) is 42.3 Å². The fourth-order valence-corrected chi connectivity index (χ4v) is 2.65. The molecule has 0 bridgehead atoms. The second-order valence-electron chi connectivity index (χ2n) is 6.17. The maximum absolute atomic E-state index is 12.2. The Morgan fingerprint density at radius 1 is 1.11 bits per heavy atom. The Hall–Kier alpha value is -3.68. The van der Waals surface area contributed by atoms with Crippen LogP contribution in [0.1, 0.15) is 34.5 Å². The quantitative estimate of drug-likeness (QED) is 0.642. The van der Waals surface area contributed by atoms with Gasteiger partial charge < -0.3 is 15.4 Å². The van der Waals surface area contributed by atoms with Crippen LogP contribution in [-0.2, 0) is 11.3 Å². The number of hydrogen-bond acceptors (Lipinski definition) is 5. The molecule has 1 atom stereocenters. The number of nitrogens with one attached hydrogen (secondary N) is 2. The van der Waals surface area contributed by atoms with Crippen molar-refractivity contribution in [3.8, 4) is 5.69 Å². The molecule has 144 valence electrons. The number of urea groups is 1. The molecule has 0 saturated heterocycles. The minimum absolute atomic E-state index is 0.161. The fourth-order valence-electron chi connectivity index (χ4n) is 2.65. The highest BCUT2D eigenvalue weighted by Crippen LogP contribution is 2.15. The molecule has 2 amide bonds. The largest absolute Gasteiger partial charge is 0.465 e. The van der Waals surface area contributed by atoms with Gasteiger partial charge in [0.15, 0.2) is 0 Å². The van der Waals surface area contributed by atoms with Crippen LogP contribution in [-0.4, -0.2) is 33.9 Å². The molecule has 2 N–H and O–H groups in total. The minimum Gasteiger partial charge on any atom is -0.465 e. The van der Waals surface area contributed by atoms with Crippen LogP contribution < -0.4 is 10.6 Å². The molecule has 3 rings (SSSR count). The number of carbonyl (C=O) groups is 2. The smallest absolute Gasteiger partial charge is 0.337 e. The average Bonchev–Trinajstić information content (AvgIpc) is 3.27. The third-order valence-corrected chi connectivity index (χ3v) is 4.25. The summed E-state index contributed by atoms with van der Waals surface area (Å²) in [5, 5.41) is 9.79. The molecular formula is C20H21N5O3. The number of hydrogen-bond donors (Lipinski definition) is 2. The zero-order valence-corrected chi connectivity index (χ0v) is 15.6. The molecular weight excluding hydrogens is 358 g/mol. The summed E-state index contributed by atoms with van der Waals surface area (Å²) in [5.74, 6) is -0.388. The number of methoxy groups -OCH3 is 1. The molecule has 8 heteroatoms. The Labute approximate surface area is 162 Å². The number of rotatable bonds is 6. The zero-order chi connectivity index (χ0) is 19.9. The summed E-state index contributed by atoms with van der Waals surface area (Å²) in [6.07, 6.45) is 3.10. The maximum atomic E-state index is 12.2. The third-order valence-electron chi connectivity index (χ3n) is 4.25. The van der Waals surface area contributed by atoms with Gasteiger partial charge >= 0.3 is 12.0 Å². The second kappa shape index (κ2) is 8.81. The highest BCUT2D eigenvalue weighted by atomic mass is 16.5. The van der Waals surface area contributed by atoms with Gasteiger partial charge in [0, 0.05) is 6.54 Å². The summed E-state index contributed by atoms with van der Waals surface area (Å²) < 4.78 is 6.33. The van der Waals surface area contributed by atoms with Crippen molar-refractivity contribution in [1.29, 1.82) is 0 Å². The highest BCUT2D eigenvalue weighted by Gasteiger charge is 2.10. The summed E-state index contributed by atoms with van der Waals surface area (Å²) >= 11 is 0. The van der Waals surface area contributed by atoms with Gasteiger partial charge in [-0.1, -0.05) is 24.3 Å². The molecule has 3 aromatic rings. The van der Waals surface area contributed by atoms with E-state index in [1.54, 1.807) is 35.3 Å². The SMILES string of the molecule is COC(=O)c1ccc(CNC(=O)NC(C)c2ccc(-n3cncn3)cc2)cc1. The number of ether oxygens (including phenoxy) is 1. The lowest BCUT2D eigenvalue weighted by Gasteiger charge is -2.15. The van der Waals surface area contributed by atoms with Gasteiger partial charge in [0.05, 0.1) is 24.4 Å². The van der Waals surface area contributed by atoms with E-state index in [0.717, 1.165) is 16.8 Å². The van der Waals surface area contributed by atoms with Crippen molar-refractivity contribution in [3.63, 3.8) is 0 Å². The van der Waals surface area contributed by atoms with Gasteiger partial charge in [0.25, 0.3) is 0 Å². The van der Waals surface area contributed by atoms with Crippen LogP contribution in [0, 0.1) is 0 Å². The predicted molar refractivity (Wildman–Crippen MR) is 103 cm³/mol. The summed E-state index contributed by atoms with van der Waals surface area (Å²) in [4.78, 5) is 27.5. The van der Waals surface area contributed by atoms with Gasteiger partial charge in [-0.25, -0.2) is 19.3 Å². The topological polar surface area (TPSA) is 98.1 Å². The first-order valence-corrected chi connectivity index (χ1v) is 8.73.